The summed E-state index contributed by atoms with van der Waals surface area (Å²) in [6.45, 7) is 4.13. The fourth-order valence-corrected chi connectivity index (χ4v) is 3.39. The molecule has 0 saturated carbocycles. The van der Waals surface area contributed by atoms with Crippen LogP contribution >= 0.6 is 0 Å². The number of nitrogens with zero attached hydrogens (tertiary/aromatic N) is 2. The van der Waals surface area contributed by atoms with Crippen molar-refractivity contribution in [2.24, 2.45) is 5.92 Å². The molecule has 1 fully saturated rings. The first kappa shape index (κ1) is 24.8. The molecule has 1 heterocycles. The number of carbonyl (C=O) groups is 2. The predicted molar refractivity (Wildman–Crippen MR) is 104 cm³/mol. The fourth-order valence-electron chi connectivity index (χ4n) is 2.68. The minimum Gasteiger partial charge on any atom is -0.464 e. The summed E-state index contributed by atoms with van der Waals surface area (Å²) in [5.74, 6) is -0.451. The highest BCUT2D eigenvalue weighted by Crippen LogP contribution is 2.11. The summed E-state index contributed by atoms with van der Waals surface area (Å²) >= 11 is 0. The maximum Gasteiger partial charge on any atom is 0.399 e. The SMILES string of the molecule is CC(CCCOS(=O)(=O)OCCCCN1CCCC1=O)C(=O)OCCN(C)C. The van der Waals surface area contributed by atoms with Crippen molar-refractivity contribution in [2.45, 2.75) is 45.4 Å². The fraction of sp³-hybridized carbons (Fsp3) is 0.889. The van der Waals surface area contributed by atoms with Crippen molar-refractivity contribution in [3.8, 4) is 0 Å². The van der Waals surface area contributed by atoms with Crippen molar-refractivity contribution >= 4 is 22.3 Å². The molecule has 28 heavy (non-hydrogen) atoms. The first-order valence-electron chi connectivity index (χ1n) is 9.84. The van der Waals surface area contributed by atoms with E-state index in [1.807, 2.05) is 19.0 Å². The number of carbonyl (C=O) groups excluding carboxylic acids is 2. The van der Waals surface area contributed by atoms with Gasteiger partial charge in [0, 0.05) is 26.1 Å². The topological polar surface area (TPSA) is 102 Å². The second-order valence-electron chi connectivity index (χ2n) is 7.26. The van der Waals surface area contributed by atoms with E-state index in [9.17, 15) is 18.0 Å². The van der Waals surface area contributed by atoms with Crippen LogP contribution in [0.4, 0.5) is 0 Å². The van der Waals surface area contributed by atoms with Crippen LogP contribution in [0.15, 0.2) is 0 Å². The molecule has 1 amide bonds. The lowest BCUT2D eigenvalue weighted by molar-refractivity contribution is -0.148. The van der Waals surface area contributed by atoms with Gasteiger partial charge >= 0.3 is 16.4 Å². The van der Waals surface area contributed by atoms with Gasteiger partial charge in [0.25, 0.3) is 0 Å². The van der Waals surface area contributed by atoms with Crippen LogP contribution in [0.3, 0.4) is 0 Å². The third kappa shape index (κ3) is 10.9. The highest BCUT2D eigenvalue weighted by atomic mass is 32.3. The number of likely N-dealkylation sites (N-methyl/N-ethyl adjacent to an activating group) is 1. The van der Waals surface area contributed by atoms with Gasteiger partial charge in [0.05, 0.1) is 19.1 Å². The summed E-state index contributed by atoms with van der Waals surface area (Å²) in [5, 5.41) is 0. The highest BCUT2D eigenvalue weighted by Gasteiger charge is 2.19. The van der Waals surface area contributed by atoms with Crippen LogP contribution in [0.1, 0.15) is 45.4 Å². The zero-order valence-corrected chi connectivity index (χ0v) is 18.0. The van der Waals surface area contributed by atoms with Gasteiger partial charge in [-0.3, -0.25) is 9.59 Å². The largest absolute Gasteiger partial charge is 0.464 e. The molecule has 1 rings (SSSR count). The molecule has 10 heteroatoms. The van der Waals surface area contributed by atoms with E-state index < -0.39 is 10.4 Å². The van der Waals surface area contributed by atoms with Crippen LogP contribution < -0.4 is 0 Å². The number of likely N-dealkylation sites (tertiary alicyclic amines) is 1. The monoisotopic (exact) mass is 422 g/mol. The lowest BCUT2D eigenvalue weighted by atomic mass is 10.1. The van der Waals surface area contributed by atoms with Crippen molar-refractivity contribution in [1.29, 1.82) is 0 Å². The van der Waals surface area contributed by atoms with E-state index in [0.29, 0.717) is 51.8 Å². The van der Waals surface area contributed by atoms with Crippen LogP contribution in [-0.4, -0.2) is 83.6 Å². The van der Waals surface area contributed by atoms with Crippen LogP contribution in [0.25, 0.3) is 0 Å². The van der Waals surface area contributed by atoms with Gasteiger partial charge in [-0.05, 0) is 46.2 Å². The molecule has 0 aromatic rings. The molecule has 1 aliphatic rings. The smallest absolute Gasteiger partial charge is 0.399 e. The van der Waals surface area contributed by atoms with Crippen LogP contribution in [0, 0.1) is 5.92 Å². The Labute approximate surface area is 168 Å². The molecule has 0 radical (unpaired) electrons. The average Bonchev–Trinajstić information content (AvgIpc) is 3.02. The molecule has 0 bridgehead atoms. The molecule has 1 atom stereocenters. The summed E-state index contributed by atoms with van der Waals surface area (Å²) in [6.07, 6.45) is 3.59. The Morgan fingerprint density at radius 1 is 1.14 bits per heavy atom. The van der Waals surface area contributed by atoms with Crippen LogP contribution in [0.2, 0.25) is 0 Å². The molecule has 164 valence electrons. The van der Waals surface area contributed by atoms with Crippen molar-refractivity contribution in [2.75, 3.05) is 53.6 Å². The van der Waals surface area contributed by atoms with Crippen LogP contribution in [-0.2, 0) is 33.1 Å². The van der Waals surface area contributed by atoms with Gasteiger partial charge in [-0.1, -0.05) is 6.92 Å². The van der Waals surface area contributed by atoms with Gasteiger partial charge < -0.3 is 14.5 Å². The Balaban J connectivity index is 2.06. The van der Waals surface area contributed by atoms with Crippen molar-refractivity contribution < 1.29 is 31.1 Å². The Morgan fingerprint density at radius 2 is 1.82 bits per heavy atom. The molecule has 0 spiro atoms. The van der Waals surface area contributed by atoms with E-state index in [1.54, 1.807) is 11.8 Å². The minimum atomic E-state index is -4.04. The number of ether oxygens (including phenoxy) is 1. The van der Waals surface area contributed by atoms with Gasteiger partial charge in [-0.2, -0.15) is 8.42 Å². The lowest BCUT2D eigenvalue weighted by Crippen LogP contribution is -2.25. The Kier molecular flexibility index (Phi) is 11.6. The predicted octanol–water partition coefficient (Wildman–Crippen LogP) is 1.19. The number of unbranched alkanes of at least 4 members (excludes halogenated alkanes) is 1. The van der Waals surface area contributed by atoms with E-state index in [1.165, 1.54) is 0 Å². The molecule has 0 aromatic carbocycles. The second kappa shape index (κ2) is 13.1. The number of hydrogen-bond donors (Lipinski definition) is 0. The summed E-state index contributed by atoms with van der Waals surface area (Å²) in [5.41, 5.74) is 0. The van der Waals surface area contributed by atoms with Crippen molar-refractivity contribution in [3.05, 3.63) is 0 Å². The van der Waals surface area contributed by atoms with Gasteiger partial charge in [-0.15, -0.1) is 0 Å². The van der Waals surface area contributed by atoms with E-state index in [0.717, 1.165) is 13.0 Å². The van der Waals surface area contributed by atoms with Crippen molar-refractivity contribution in [1.82, 2.24) is 9.80 Å². The molecular weight excluding hydrogens is 388 g/mol. The number of esters is 1. The third-order valence-electron chi connectivity index (χ3n) is 4.42. The normalized spacial score (nSPS) is 16.0. The van der Waals surface area contributed by atoms with Crippen LogP contribution in [0.5, 0.6) is 0 Å². The van der Waals surface area contributed by atoms with Gasteiger partial charge in [0.15, 0.2) is 0 Å². The molecule has 1 saturated heterocycles. The summed E-state index contributed by atoms with van der Waals surface area (Å²) in [7, 11) is -0.247. The molecule has 0 aliphatic carbocycles. The van der Waals surface area contributed by atoms with Gasteiger partial charge in [0.1, 0.15) is 6.61 Å². The maximum absolute atomic E-state index is 11.8. The van der Waals surface area contributed by atoms with E-state index in [4.69, 9.17) is 13.1 Å². The first-order chi connectivity index (χ1) is 13.2. The number of hydrogen-bond acceptors (Lipinski definition) is 8. The zero-order chi connectivity index (χ0) is 21.0. The standard InChI is InChI=1S/C18H34N2O7S/c1-16(18(22)25-15-12-19(2)3)8-7-14-27-28(23,24)26-13-5-4-10-20-11-6-9-17(20)21/h16H,4-15H2,1-3H3. The molecule has 0 aromatic heterocycles. The summed E-state index contributed by atoms with van der Waals surface area (Å²) in [4.78, 5) is 27.0. The average molecular weight is 423 g/mol. The molecule has 0 N–H and O–H groups in total. The Morgan fingerprint density at radius 3 is 2.43 bits per heavy atom. The van der Waals surface area contributed by atoms with E-state index in [-0.39, 0.29) is 31.0 Å². The van der Waals surface area contributed by atoms with Gasteiger partial charge in [-0.25, -0.2) is 8.37 Å². The molecular formula is C18H34N2O7S. The second-order valence-corrected chi connectivity index (χ2v) is 8.55. The third-order valence-corrected chi connectivity index (χ3v) is 5.33. The van der Waals surface area contributed by atoms with Gasteiger partial charge in [0.2, 0.25) is 5.91 Å². The quantitative estimate of drug-likeness (QED) is 0.286. The Hall–Kier alpha value is -1.23. The zero-order valence-electron chi connectivity index (χ0n) is 17.2. The summed E-state index contributed by atoms with van der Waals surface area (Å²) < 4.78 is 38.1. The maximum atomic E-state index is 11.8. The lowest BCUT2D eigenvalue weighted by Gasteiger charge is -2.15. The highest BCUT2D eigenvalue weighted by molar-refractivity contribution is 7.81. The minimum absolute atomic E-state index is 0.0268. The molecule has 1 aliphatic heterocycles. The summed E-state index contributed by atoms with van der Waals surface area (Å²) in [6, 6.07) is 0. The Bertz CT molecular complexity index is 580. The molecule has 9 nitrogen and oxygen atoms in total. The molecule has 1 unspecified atom stereocenters. The number of amides is 1. The number of rotatable bonds is 15. The van der Waals surface area contributed by atoms with Crippen molar-refractivity contribution in [3.63, 3.8) is 0 Å². The van der Waals surface area contributed by atoms with E-state index >= 15 is 0 Å². The van der Waals surface area contributed by atoms with E-state index in [2.05, 4.69) is 0 Å². The first-order valence-corrected chi connectivity index (χ1v) is 11.2.